The Morgan fingerprint density at radius 1 is 1.50 bits per heavy atom. The first kappa shape index (κ1) is 8.09. The Hall–Kier alpha value is -0.530. The zero-order valence-corrected chi connectivity index (χ0v) is 7.51. The van der Waals surface area contributed by atoms with E-state index in [0.29, 0.717) is 5.92 Å². The molecule has 0 aliphatic heterocycles. The van der Waals surface area contributed by atoms with Crippen LogP contribution in [0, 0.1) is 0 Å². The fourth-order valence-electron chi connectivity index (χ4n) is 1.85. The van der Waals surface area contributed by atoms with Crippen molar-refractivity contribution in [1.29, 1.82) is 0 Å². The molecule has 0 saturated heterocycles. The van der Waals surface area contributed by atoms with Crippen molar-refractivity contribution in [3.05, 3.63) is 34.3 Å². The number of benzene rings is 1. The summed E-state index contributed by atoms with van der Waals surface area (Å²) in [5.41, 5.74) is 2.59. The summed E-state index contributed by atoms with van der Waals surface area (Å²) in [6.45, 7) is 0.243. The highest BCUT2D eigenvalue weighted by atomic mass is 35.5. The van der Waals surface area contributed by atoms with Gasteiger partial charge in [-0.05, 0) is 36.1 Å². The number of aliphatic hydroxyl groups excluding tert-OH is 1. The second kappa shape index (κ2) is 3.08. The van der Waals surface area contributed by atoms with Crippen LogP contribution in [0.5, 0.6) is 0 Å². The first-order valence-electron chi connectivity index (χ1n) is 4.20. The Balaban J connectivity index is 2.42. The van der Waals surface area contributed by atoms with Gasteiger partial charge < -0.3 is 5.11 Å². The van der Waals surface area contributed by atoms with Gasteiger partial charge in [0.25, 0.3) is 0 Å². The molecule has 1 aromatic carbocycles. The van der Waals surface area contributed by atoms with E-state index in [4.69, 9.17) is 16.7 Å². The fourth-order valence-corrected chi connectivity index (χ4v) is 2.03. The van der Waals surface area contributed by atoms with Crippen molar-refractivity contribution in [1.82, 2.24) is 0 Å². The molecule has 12 heavy (non-hydrogen) atoms. The SMILES string of the molecule is OC[C@@H]1CCc2ccc(Cl)cc21. The third-order valence-electron chi connectivity index (χ3n) is 2.53. The van der Waals surface area contributed by atoms with Crippen LogP contribution >= 0.6 is 11.6 Å². The number of hydrogen-bond donors (Lipinski definition) is 1. The Morgan fingerprint density at radius 2 is 2.33 bits per heavy atom. The minimum atomic E-state index is 0.243. The maximum Gasteiger partial charge on any atom is 0.0499 e. The smallest absolute Gasteiger partial charge is 0.0499 e. The van der Waals surface area contributed by atoms with Gasteiger partial charge in [-0.1, -0.05) is 17.7 Å². The molecule has 1 atom stereocenters. The molecule has 0 unspecified atom stereocenters. The molecule has 0 amide bonds. The van der Waals surface area contributed by atoms with E-state index < -0.39 is 0 Å². The molecule has 0 bridgehead atoms. The zero-order valence-electron chi connectivity index (χ0n) is 6.76. The van der Waals surface area contributed by atoms with Crippen LogP contribution in [0.25, 0.3) is 0 Å². The Morgan fingerprint density at radius 3 is 3.08 bits per heavy atom. The molecule has 1 aromatic rings. The predicted molar refractivity (Wildman–Crippen MR) is 49.6 cm³/mol. The van der Waals surface area contributed by atoms with Gasteiger partial charge in [-0.3, -0.25) is 0 Å². The van der Waals surface area contributed by atoms with Crippen LogP contribution in [-0.2, 0) is 6.42 Å². The number of rotatable bonds is 1. The van der Waals surface area contributed by atoms with Crippen LogP contribution in [0.1, 0.15) is 23.5 Å². The van der Waals surface area contributed by atoms with Gasteiger partial charge in [0.2, 0.25) is 0 Å². The van der Waals surface area contributed by atoms with Crippen molar-refractivity contribution in [2.24, 2.45) is 0 Å². The van der Waals surface area contributed by atoms with E-state index in [-0.39, 0.29) is 6.61 Å². The normalized spacial score (nSPS) is 21.0. The van der Waals surface area contributed by atoms with Crippen molar-refractivity contribution in [3.63, 3.8) is 0 Å². The van der Waals surface area contributed by atoms with E-state index >= 15 is 0 Å². The van der Waals surface area contributed by atoms with Gasteiger partial charge >= 0.3 is 0 Å². The minimum absolute atomic E-state index is 0.243. The van der Waals surface area contributed by atoms with Crippen molar-refractivity contribution in [3.8, 4) is 0 Å². The molecule has 2 heteroatoms. The summed E-state index contributed by atoms with van der Waals surface area (Å²) in [5.74, 6) is 0.318. The van der Waals surface area contributed by atoms with Gasteiger partial charge in [-0.2, -0.15) is 0 Å². The summed E-state index contributed by atoms with van der Waals surface area (Å²) in [4.78, 5) is 0. The molecule has 0 fully saturated rings. The first-order chi connectivity index (χ1) is 5.81. The van der Waals surface area contributed by atoms with Gasteiger partial charge in [0.15, 0.2) is 0 Å². The fraction of sp³-hybridized carbons (Fsp3) is 0.400. The number of halogens is 1. The number of aryl methyl sites for hydroxylation is 1. The van der Waals surface area contributed by atoms with Gasteiger partial charge in [0, 0.05) is 17.5 Å². The summed E-state index contributed by atoms with van der Waals surface area (Å²) < 4.78 is 0. The van der Waals surface area contributed by atoms with Gasteiger partial charge in [-0.15, -0.1) is 0 Å². The summed E-state index contributed by atoms with van der Waals surface area (Å²) in [5, 5.41) is 9.83. The van der Waals surface area contributed by atoms with Crippen LogP contribution < -0.4 is 0 Å². The summed E-state index contributed by atoms with van der Waals surface area (Å²) >= 11 is 5.86. The maximum atomic E-state index is 9.06. The Labute approximate surface area is 77.0 Å². The van der Waals surface area contributed by atoms with Gasteiger partial charge in [-0.25, -0.2) is 0 Å². The average Bonchev–Trinajstić information content (AvgIpc) is 2.46. The van der Waals surface area contributed by atoms with Crippen LogP contribution in [0.4, 0.5) is 0 Å². The highest BCUT2D eigenvalue weighted by Gasteiger charge is 2.21. The lowest BCUT2D eigenvalue weighted by Gasteiger charge is -2.06. The molecule has 0 spiro atoms. The topological polar surface area (TPSA) is 20.2 Å². The maximum absolute atomic E-state index is 9.06. The third kappa shape index (κ3) is 1.23. The monoisotopic (exact) mass is 182 g/mol. The van der Waals surface area contributed by atoms with E-state index in [1.54, 1.807) is 0 Å². The van der Waals surface area contributed by atoms with E-state index in [0.717, 1.165) is 17.9 Å². The van der Waals surface area contributed by atoms with Gasteiger partial charge in [0.1, 0.15) is 0 Å². The summed E-state index contributed by atoms with van der Waals surface area (Å²) in [6.07, 6.45) is 2.14. The predicted octanol–water partition coefficient (Wildman–Crippen LogP) is 2.36. The zero-order chi connectivity index (χ0) is 8.55. The lowest BCUT2D eigenvalue weighted by atomic mass is 10.0. The van der Waals surface area contributed by atoms with Crippen molar-refractivity contribution < 1.29 is 5.11 Å². The standard InChI is InChI=1S/C10H11ClO/c11-9-4-3-7-1-2-8(6-12)10(7)5-9/h3-5,8,12H,1-2,6H2/t8-/m0/s1. The molecule has 0 heterocycles. The van der Waals surface area contributed by atoms with Crippen molar-refractivity contribution in [2.75, 3.05) is 6.61 Å². The molecule has 64 valence electrons. The van der Waals surface area contributed by atoms with Crippen LogP contribution in [0.15, 0.2) is 18.2 Å². The molecule has 0 saturated carbocycles. The average molecular weight is 183 g/mol. The van der Waals surface area contributed by atoms with Crippen molar-refractivity contribution >= 4 is 11.6 Å². The number of fused-ring (bicyclic) bond motifs is 1. The molecular weight excluding hydrogens is 172 g/mol. The molecule has 2 rings (SSSR count). The molecule has 0 radical (unpaired) electrons. The second-order valence-electron chi connectivity index (χ2n) is 3.26. The summed E-state index contributed by atoms with van der Waals surface area (Å²) in [6, 6.07) is 5.96. The largest absolute Gasteiger partial charge is 0.396 e. The molecule has 1 aliphatic rings. The lowest BCUT2D eigenvalue weighted by Crippen LogP contribution is -1.98. The van der Waals surface area contributed by atoms with E-state index in [9.17, 15) is 0 Å². The first-order valence-corrected chi connectivity index (χ1v) is 4.58. The minimum Gasteiger partial charge on any atom is -0.396 e. The van der Waals surface area contributed by atoms with Crippen LogP contribution in [0.2, 0.25) is 5.02 Å². The number of aliphatic hydroxyl groups is 1. The quantitative estimate of drug-likeness (QED) is 0.707. The lowest BCUT2D eigenvalue weighted by molar-refractivity contribution is 0.265. The molecule has 0 aromatic heterocycles. The van der Waals surface area contributed by atoms with Crippen molar-refractivity contribution in [2.45, 2.75) is 18.8 Å². The highest BCUT2D eigenvalue weighted by molar-refractivity contribution is 6.30. The van der Waals surface area contributed by atoms with E-state index in [2.05, 4.69) is 6.07 Å². The molecule has 1 N–H and O–H groups in total. The van der Waals surface area contributed by atoms with Crippen LogP contribution in [0.3, 0.4) is 0 Å². The number of hydrogen-bond acceptors (Lipinski definition) is 1. The van der Waals surface area contributed by atoms with Gasteiger partial charge in [0.05, 0.1) is 0 Å². The van der Waals surface area contributed by atoms with E-state index in [1.165, 1.54) is 11.1 Å². The highest BCUT2D eigenvalue weighted by Crippen LogP contribution is 2.34. The van der Waals surface area contributed by atoms with E-state index in [1.807, 2.05) is 12.1 Å². The summed E-state index contributed by atoms with van der Waals surface area (Å²) in [7, 11) is 0. The van der Waals surface area contributed by atoms with Crippen LogP contribution in [-0.4, -0.2) is 11.7 Å². The third-order valence-corrected chi connectivity index (χ3v) is 2.77. The molecular formula is C10H11ClO. The Kier molecular flexibility index (Phi) is 2.07. The Bertz CT molecular complexity index is 296. The molecule has 1 nitrogen and oxygen atoms in total. The second-order valence-corrected chi connectivity index (χ2v) is 3.70. The molecule has 1 aliphatic carbocycles.